The van der Waals surface area contributed by atoms with Crippen LogP contribution in [-0.2, 0) is 0 Å². The van der Waals surface area contributed by atoms with Crippen LogP contribution >= 0.6 is 23.2 Å². The summed E-state index contributed by atoms with van der Waals surface area (Å²) in [5.41, 5.74) is 1.69. The molecule has 0 fully saturated rings. The first-order chi connectivity index (χ1) is 8.08. The molecule has 1 aromatic rings. The third-order valence-electron chi connectivity index (χ3n) is 2.05. The lowest BCUT2D eigenvalue weighted by atomic mass is 10.1. The van der Waals surface area contributed by atoms with Gasteiger partial charge in [0.2, 0.25) is 0 Å². The lowest BCUT2D eigenvalue weighted by molar-refractivity contribution is 0.101. The minimum atomic E-state index is -0.0892. The standard InChI is InChI=1S/C12H12Cl2O3/c1-8(15)11-4-3-10(16-2)5-12(11)17-7-9(14)6-13/h3-6H,7H2,1-2H3/b9-6-. The summed E-state index contributed by atoms with van der Waals surface area (Å²) >= 11 is 11.1. The van der Waals surface area contributed by atoms with Gasteiger partial charge in [-0.3, -0.25) is 4.79 Å². The number of ketones is 1. The Kier molecular flexibility index (Phi) is 5.32. The zero-order chi connectivity index (χ0) is 12.8. The van der Waals surface area contributed by atoms with E-state index in [2.05, 4.69) is 0 Å². The highest BCUT2D eigenvalue weighted by Crippen LogP contribution is 2.26. The number of benzene rings is 1. The van der Waals surface area contributed by atoms with Crippen LogP contribution in [0.2, 0.25) is 0 Å². The predicted molar refractivity (Wildman–Crippen MR) is 68.3 cm³/mol. The SMILES string of the molecule is COc1ccc(C(C)=O)c(OC/C(Cl)=C/Cl)c1. The van der Waals surface area contributed by atoms with Gasteiger partial charge >= 0.3 is 0 Å². The molecule has 17 heavy (non-hydrogen) atoms. The normalized spacial score (nSPS) is 11.2. The van der Waals surface area contributed by atoms with Crippen LogP contribution in [0.3, 0.4) is 0 Å². The van der Waals surface area contributed by atoms with E-state index in [1.807, 2.05) is 0 Å². The van der Waals surface area contributed by atoms with Crippen molar-refractivity contribution in [1.82, 2.24) is 0 Å². The molecule has 3 nitrogen and oxygen atoms in total. The van der Waals surface area contributed by atoms with Crippen LogP contribution < -0.4 is 9.47 Å². The van der Waals surface area contributed by atoms with Crippen molar-refractivity contribution >= 4 is 29.0 Å². The molecular formula is C12H12Cl2O3. The number of ether oxygens (including phenoxy) is 2. The van der Waals surface area contributed by atoms with Crippen molar-refractivity contribution in [2.24, 2.45) is 0 Å². The van der Waals surface area contributed by atoms with E-state index in [0.717, 1.165) is 0 Å². The molecule has 0 unspecified atom stereocenters. The second kappa shape index (κ2) is 6.52. The molecule has 0 heterocycles. The largest absolute Gasteiger partial charge is 0.497 e. The lowest BCUT2D eigenvalue weighted by Gasteiger charge is -2.10. The predicted octanol–water partition coefficient (Wildman–Crippen LogP) is 3.60. The number of methoxy groups -OCH3 is 1. The molecule has 92 valence electrons. The number of Topliss-reactive ketones (excluding diaryl/α,β-unsaturated/α-hetero) is 1. The lowest BCUT2D eigenvalue weighted by Crippen LogP contribution is -2.03. The van der Waals surface area contributed by atoms with Crippen LogP contribution in [0.15, 0.2) is 28.8 Å². The Morgan fingerprint density at radius 2 is 2.18 bits per heavy atom. The Balaban J connectivity index is 2.97. The van der Waals surface area contributed by atoms with Gasteiger partial charge < -0.3 is 9.47 Å². The summed E-state index contributed by atoms with van der Waals surface area (Å²) in [6.45, 7) is 1.58. The Morgan fingerprint density at radius 3 is 2.71 bits per heavy atom. The van der Waals surface area contributed by atoms with Crippen molar-refractivity contribution in [3.8, 4) is 11.5 Å². The van der Waals surface area contributed by atoms with Crippen molar-refractivity contribution in [3.05, 3.63) is 34.3 Å². The maximum atomic E-state index is 11.4. The van der Waals surface area contributed by atoms with Crippen molar-refractivity contribution in [1.29, 1.82) is 0 Å². The third-order valence-corrected chi connectivity index (χ3v) is 2.65. The summed E-state index contributed by atoms with van der Waals surface area (Å²) in [5.74, 6) is 0.943. The molecule has 0 saturated carbocycles. The molecule has 5 heteroatoms. The number of rotatable bonds is 5. The summed E-state index contributed by atoms with van der Waals surface area (Å²) in [6, 6.07) is 4.98. The molecule has 0 bridgehead atoms. The first kappa shape index (κ1) is 13.9. The highest BCUT2D eigenvalue weighted by Gasteiger charge is 2.10. The average molecular weight is 275 g/mol. The molecule has 0 saturated heterocycles. The van der Waals surface area contributed by atoms with Crippen LogP contribution in [0.25, 0.3) is 0 Å². The minimum Gasteiger partial charge on any atom is -0.497 e. The molecule has 0 aromatic heterocycles. The smallest absolute Gasteiger partial charge is 0.163 e. The van der Waals surface area contributed by atoms with Crippen LogP contribution in [0.4, 0.5) is 0 Å². The van der Waals surface area contributed by atoms with E-state index in [0.29, 0.717) is 22.1 Å². The van der Waals surface area contributed by atoms with Gasteiger partial charge in [0.15, 0.2) is 5.78 Å². The maximum Gasteiger partial charge on any atom is 0.163 e. The van der Waals surface area contributed by atoms with Crippen molar-refractivity contribution in [2.75, 3.05) is 13.7 Å². The summed E-state index contributed by atoms with van der Waals surface area (Å²) in [7, 11) is 1.54. The van der Waals surface area contributed by atoms with Gasteiger partial charge in [-0.1, -0.05) is 23.2 Å². The van der Waals surface area contributed by atoms with Crippen molar-refractivity contribution < 1.29 is 14.3 Å². The second-order valence-electron chi connectivity index (χ2n) is 3.26. The van der Waals surface area contributed by atoms with E-state index < -0.39 is 0 Å². The fourth-order valence-corrected chi connectivity index (χ4v) is 1.34. The quantitative estimate of drug-likeness (QED) is 0.770. The van der Waals surface area contributed by atoms with E-state index in [-0.39, 0.29) is 12.4 Å². The van der Waals surface area contributed by atoms with Gasteiger partial charge in [0.25, 0.3) is 0 Å². The molecule has 0 radical (unpaired) electrons. The van der Waals surface area contributed by atoms with Gasteiger partial charge in [-0.2, -0.15) is 0 Å². The monoisotopic (exact) mass is 274 g/mol. The maximum absolute atomic E-state index is 11.4. The van der Waals surface area contributed by atoms with Crippen LogP contribution in [0.1, 0.15) is 17.3 Å². The zero-order valence-electron chi connectivity index (χ0n) is 9.50. The van der Waals surface area contributed by atoms with E-state index in [1.165, 1.54) is 19.6 Å². The third kappa shape index (κ3) is 3.95. The number of hydrogen-bond donors (Lipinski definition) is 0. The molecule has 0 spiro atoms. The number of carbonyl (C=O) groups is 1. The molecule has 0 atom stereocenters. The molecule has 0 amide bonds. The fraction of sp³-hybridized carbons (Fsp3) is 0.250. The number of hydrogen-bond acceptors (Lipinski definition) is 3. The Hall–Kier alpha value is -1.19. The Bertz CT molecular complexity index is 441. The van der Waals surface area contributed by atoms with Crippen LogP contribution in [-0.4, -0.2) is 19.5 Å². The van der Waals surface area contributed by atoms with Crippen molar-refractivity contribution in [2.45, 2.75) is 6.92 Å². The van der Waals surface area contributed by atoms with Gasteiger partial charge in [-0.05, 0) is 19.1 Å². The molecule has 1 rings (SSSR count). The van der Waals surface area contributed by atoms with E-state index in [1.54, 1.807) is 18.2 Å². The highest BCUT2D eigenvalue weighted by molar-refractivity contribution is 6.36. The topological polar surface area (TPSA) is 35.5 Å². The van der Waals surface area contributed by atoms with Crippen LogP contribution in [0.5, 0.6) is 11.5 Å². The average Bonchev–Trinajstić information content (AvgIpc) is 2.35. The number of halogens is 2. The zero-order valence-corrected chi connectivity index (χ0v) is 11.0. The van der Waals surface area contributed by atoms with Gasteiger partial charge in [-0.25, -0.2) is 0 Å². The second-order valence-corrected chi connectivity index (χ2v) is 3.97. The van der Waals surface area contributed by atoms with Gasteiger partial charge in [0.05, 0.1) is 17.7 Å². The molecule has 0 aliphatic rings. The summed E-state index contributed by atoms with van der Waals surface area (Å²) in [6.07, 6.45) is 0. The molecule has 0 aliphatic carbocycles. The summed E-state index contributed by atoms with van der Waals surface area (Å²) < 4.78 is 10.5. The molecule has 1 aromatic carbocycles. The first-order valence-corrected chi connectivity index (χ1v) is 5.66. The number of carbonyl (C=O) groups excluding carboxylic acids is 1. The Morgan fingerprint density at radius 1 is 1.47 bits per heavy atom. The minimum absolute atomic E-state index is 0.0892. The van der Waals surface area contributed by atoms with Gasteiger partial charge in [-0.15, -0.1) is 0 Å². The molecular weight excluding hydrogens is 263 g/mol. The van der Waals surface area contributed by atoms with E-state index in [4.69, 9.17) is 32.7 Å². The molecule has 0 aliphatic heterocycles. The van der Waals surface area contributed by atoms with E-state index >= 15 is 0 Å². The summed E-state index contributed by atoms with van der Waals surface area (Å²) in [4.78, 5) is 11.4. The molecule has 0 N–H and O–H groups in total. The van der Waals surface area contributed by atoms with E-state index in [9.17, 15) is 4.79 Å². The fourth-order valence-electron chi connectivity index (χ4n) is 1.22. The summed E-state index contributed by atoms with van der Waals surface area (Å²) in [5, 5.41) is 0.351. The van der Waals surface area contributed by atoms with Gasteiger partial charge in [0, 0.05) is 11.6 Å². The van der Waals surface area contributed by atoms with Crippen molar-refractivity contribution in [3.63, 3.8) is 0 Å². The first-order valence-electron chi connectivity index (χ1n) is 4.85. The Labute approximate surface area is 110 Å². The van der Waals surface area contributed by atoms with Crippen LogP contribution in [0, 0.1) is 0 Å². The highest BCUT2D eigenvalue weighted by atomic mass is 35.5. The van der Waals surface area contributed by atoms with Gasteiger partial charge in [0.1, 0.15) is 18.1 Å².